The van der Waals surface area contributed by atoms with Crippen molar-refractivity contribution in [2.75, 3.05) is 0 Å². The number of hydrogen-bond acceptors (Lipinski definition) is 1. The second-order valence-corrected chi connectivity index (χ2v) is 4.59. The molecule has 2 aromatic carbocycles. The van der Waals surface area contributed by atoms with Crippen LogP contribution in [0.5, 0.6) is 0 Å². The van der Waals surface area contributed by atoms with Gasteiger partial charge in [0.1, 0.15) is 0 Å². The summed E-state index contributed by atoms with van der Waals surface area (Å²) in [5.74, 6) is 0.611. The van der Waals surface area contributed by atoms with Crippen LogP contribution < -0.4 is 0 Å². The minimum absolute atomic E-state index is 0.414. The molecule has 0 aliphatic heterocycles. The number of ether oxygens (including phenoxy) is 1. The topological polar surface area (TPSA) is 9.23 Å². The number of rotatable bonds is 4. The fraction of sp³-hybridized carbons (Fsp3) is 0.250. The van der Waals surface area contributed by atoms with Crippen LogP contribution in [0.25, 0.3) is 0 Å². The Morgan fingerprint density at radius 3 is 2.24 bits per heavy atom. The normalized spacial score (nSPS) is 22.4. The fourth-order valence-electron chi connectivity index (χ4n) is 2.18. The van der Waals surface area contributed by atoms with Crippen LogP contribution in [0.3, 0.4) is 0 Å². The van der Waals surface area contributed by atoms with Crippen LogP contribution >= 0.6 is 0 Å². The van der Waals surface area contributed by atoms with E-state index < -0.39 is 0 Å². The average Bonchev–Trinajstić information content (AvgIpc) is 3.18. The van der Waals surface area contributed by atoms with Gasteiger partial charge in [-0.2, -0.15) is 0 Å². The van der Waals surface area contributed by atoms with Gasteiger partial charge in [-0.25, -0.2) is 0 Å². The zero-order valence-electron chi connectivity index (χ0n) is 9.75. The molecule has 0 radical (unpaired) electrons. The molecule has 1 saturated carbocycles. The Bertz CT molecular complexity index is 463. The number of hydrogen-bond donors (Lipinski definition) is 0. The Labute approximate surface area is 102 Å². The molecular weight excluding hydrogens is 208 g/mol. The third-order valence-electron chi connectivity index (χ3n) is 3.27. The number of benzene rings is 2. The highest BCUT2D eigenvalue weighted by atomic mass is 16.5. The van der Waals surface area contributed by atoms with E-state index >= 15 is 0 Å². The molecule has 2 atom stereocenters. The Balaban J connectivity index is 1.53. The van der Waals surface area contributed by atoms with Crippen LogP contribution in [0, 0.1) is 0 Å². The van der Waals surface area contributed by atoms with Gasteiger partial charge in [0.15, 0.2) is 0 Å². The second kappa shape index (κ2) is 4.72. The van der Waals surface area contributed by atoms with E-state index in [-0.39, 0.29) is 0 Å². The molecule has 0 N–H and O–H groups in total. The van der Waals surface area contributed by atoms with Crippen LogP contribution in [0.2, 0.25) is 0 Å². The molecule has 1 aliphatic rings. The van der Waals surface area contributed by atoms with Gasteiger partial charge in [0.05, 0.1) is 12.7 Å². The lowest BCUT2D eigenvalue weighted by Crippen LogP contribution is -1.97. The average molecular weight is 224 g/mol. The van der Waals surface area contributed by atoms with E-state index in [1.165, 1.54) is 11.1 Å². The molecule has 0 spiro atoms. The molecule has 1 heteroatoms. The molecule has 2 aromatic rings. The Hall–Kier alpha value is -1.60. The largest absolute Gasteiger partial charge is 0.373 e. The van der Waals surface area contributed by atoms with Crippen LogP contribution in [-0.2, 0) is 11.3 Å². The molecule has 2 unspecified atom stereocenters. The third-order valence-corrected chi connectivity index (χ3v) is 3.27. The maximum atomic E-state index is 5.91. The Morgan fingerprint density at radius 1 is 0.882 bits per heavy atom. The third kappa shape index (κ3) is 2.56. The Kier molecular flexibility index (Phi) is 2.93. The SMILES string of the molecule is c1ccc(COC2CC2c2ccccc2)cc1. The smallest absolute Gasteiger partial charge is 0.0720 e. The molecule has 17 heavy (non-hydrogen) atoms. The van der Waals surface area contributed by atoms with E-state index in [9.17, 15) is 0 Å². The van der Waals surface area contributed by atoms with Crippen molar-refractivity contribution in [3.8, 4) is 0 Å². The van der Waals surface area contributed by atoms with Gasteiger partial charge in [0, 0.05) is 5.92 Å². The lowest BCUT2D eigenvalue weighted by molar-refractivity contribution is 0.102. The molecule has 86 valence electrons. The van der Waals surface area contributed by atoms with Crippen molar-refractivity contribution in [3.63, 3.8) is 0 Å². The molecule has 1 fully saturated rings. The highest BCUT2D eigenvalue weighted by molar-refractivity contribution is 5.26. The van der Waals surface area contributed by atoms with Crippen molar-refractivity contribution < 1.29 is 4.74 Å². The van der Waals surface area contributed by atoms with E-state index in [2.05, 4.69) is 54.6 Å². The molecule has 0 saturated heterocycles. The molecule has 0 heterocycles. The first-order valence-corrected chi connectivity index (χ1v) is 6.14. The minimum atomic E-state index is 0.414. The first-order valence-electron chi connectivity index (χ1n) is 6.14. The molecule has 1 aliphatic carbocycles. The maximum absolute atomic E-state index is 5.91. The van der Waals surface area contributed by atoms with Gasteiger partial charge in [-0.1, -0.05) is 60.7 Å². The summed E-state index contributed by atoms with van der Waals surface area (Å²) < 4.78 is 5.91. The van der Waals surface area contributed by atoms with E-state index in [0.29, 0.717) is 12.0 Å². The second-order valence-electron chi connectivity index (χ2n) is 4.59. The van der Waals surface area contributed by atoms with E-state index in [1.54, 1.807) is 0 Å². The fourth-order valence-corrected chi connectivity index (χ4v) is 2.18. The summed E-state index contributed by atoms with van der Waals surface area (Å²) in [4.78, 5) is 0. The predicted molar refractivity (Wildman–Crippen MR) is 68.8 cm³/mol. The molecule has 1 nitrogen and oxygen atoms in total. The van der Waals surface area contributed by atoms with E-state index in [4.69, 9.17) is 4.74 Å². The molecule has 3 rings (SSSR count). The van der Waals surface area contributed by atoms with Gasteiger partial charge < -0.3 is 4.74 Å². The van der Waals surface area contributed by atoms with Gasteiger partial charge in [0.25, 0.3) is 0 Å². The molecule has 0 bridgehead atoms. The summed E-state index contributed by atoms with van der Waals surface area (Å²) in [6, 6.07) is 21.0. The lowest BCUT2D eigenvalue weighted by Gasteiger charge is -2.04. The molecule has 0 amide bonds. The minimum Gasteiger partial charge on any atom is -0.373 e. The highest BCUT2D eigenvalue weighted by Crippen LogP contribution is 2.43. The van der Waals surface area contributed by atoms with Crippen molar-refractivity contribution in [1.82, 2.24) is 0 Å². The van der Waals surface area contributed by atoms with Crippen molar-refractivity contribution in [2.45, 2.75) is 25.0 Å². The zero-order valence-corrected chi connectivity index (χ0v) is 9.75. The summed E-state index contributed by atoms with van der Waals surface area (Å²) in [5, 5.41) is 0. The van der Waals surface area contributed by atoms with Crippen LogP contribution in [0.1, 0.15) is 23.5 Å². The van der Waals surface area contributed by atoms with Crippen molar-refractivity contribution in [3.05, 3.63) is 71.8 Å². The van der Waals surface area contributed by atoms with Gasteiger partial charge in [-0.15, -0.1) is 0 Å². The first kappa shape index (κ1) is 10.5. The van der Waals surface area contributed by atoms with E-state index in [1.807, 2.05) is 6.07 Å². The van der Waals surface area contributed by atoms with Crippen LogP contribution in [-0.4, -0.2) is 6.10 Å². The van der Waals surface area contributed by atoms with Gasteiger partial charge in [-0.3, -0.25) is 0 Å². The summed E-state index contributed by atoms with van der Waals surface area (Å²) in [6.07, 6.45) is 1.58. The predicted octanol–water partition coefficient (Wildman–Crippen LogP) is 3.76. The molecule has 0 aromatic heterocycles. The van der Waals surface area contributed by atoms with Crippen LogP contribution in [0.15, 0.2) is 60.7 Å². The van der Waals surface area contributed by atoms with Gasteiger partial charge >= 0.3 is 0 Å². The quantitative estimate of drug-likeness (QED) is 0.768. The van der Waals surface area contributed by atoms with E-state index in [0.717, 1.165) is 13.0 Å². The molecular formula is C16H16O. The monoisotopic (exact) mass is 224 g/mol. The van der Waals surface area contributed by atoms with Gasteiger partial charge in [0.2, 0.25) is 0 Å². The zero-order chi connectivity index (χ0) is 11.5. The Morgan fingerprint density at radius 2 is 1.53 bits per heavy atom. The standard InChI is InChI=1S/C16H16O/c1-3-7-13(8-4-1)12-17-16-11-15(16)14-9-5-2-6-10-14/h1-10,15-16H,11-12H2. The summed E-state index contributed by atoms with van der Waals surface area (Å²) in [6.45, 7) is 0.731. The summed E-state index contributed by atoms with van der Waals surface area (Å²) in [5.41, 5.74) is 2.66. The van der Waals surface area contributed by atoms with Crippen molar-refractivity contribution in [2.24, 2.45) is 0 Å². The lowest BCUT2D eigenvalue weighted by atomic mass is 10.1. The van der Waals surface area contributed by atoms with Crippen molar-refractivity contribution >= 4 is 0 Å². The van der Waals surface area contributed by atoms with Crippen molar-refractivity contribution in [1.29, 1.82) is 0 Å². The van der Waals surface area contributed by atoms with Gasteiger partial charge in [-0.05, 0) is 17.5 Å². The highest BCUT2D eigenvalue weighted by Gasteiger charge is 2.39. The summed E-state index contributed by atoms with van der Waals surface area (Å²) >= 11 is 0. The first-order chi connectivity index (χ1) is 8.43. The summed E-state index contributed by atoms with van der Waals surface area (Å²) in [7, 11) is 0. The van der Waals surface area contributed by atoms with Crippen LogP contribution in [0.4, 0.5) is 0 Å². The maximum Gasteiger partial charge on any atom is 0.0720 e.